The van der Waals surface area contributed by atoms with Gasteiger partial charge in [-0.3, -0.25) is 0 Å². The molecule has 0 aliphatic rings. The normalized spacial score (nSPS) is 8.29. The predicted octanol–water partition coefficient (Wildman–Crippen LogP) is -5.88. The van der Waals surface area contributed by atoms with E-state index >= 15 is 0 Å². The number of hydrogen-bond donors (Lipinski definition) is 0. The molecular formula is HMgMoNaO4. The second-order valence-electron chi connectivity index (χ2n) is 0.408. The average molecular weight is 208 g/mol. The van der Waals surface area contributed by atoms with Crippen LogP contribution in [0.2, 0.25) is 0 Å². The summed E-state index contributed by atoms with van der Waals surface area (Å²) in [4.78, 5) is 0. The molecule has 0 aromatic heterocycles. The molecule has 4 nitrogen and oxygen atoms in total. The van der Waals surface area contributed by atoms with Crippen molar-refractivity contribution in [1.29, 1.82) is 0 Å². The summed E-state index contributed by atoms with van der Waals surface area (Å²) in [6, 6.07) is 0. The molecule has 0 aromatic rings. The molecule has 0 saturated carbocycles. The van der Waals surface area contributed by atoms with Gasteiger partial charge in [-0.25, -0.2) is 0 Å². The summed E-state index contributed by atoms with van der Waals surface area (Å²) in [6.45, 7) is 0. The van der Waals surface area contributed by atoms with E-state index in [0.717, 1.165) is 0 Å². The van der Waals surface area contributed by atoms with Gasteiger partial charge in [-0.05, 0) is 0 Å². The van der Waals surface area contributed by atoms with Crippen LogP contribution in [0.4, 0.5) is 0 Å². The van der Waals surface area contributed by atoms with E-state index in [9.17, 15) is 0 Å². The molecule has 0 aliphatic heterocycles. The van der Waals surface area contributed by atoms with Gasteiger partial charge in [-0.15, -0.1) is 0 Å². The van der Waals surface area contributed by atoms with Crippen molar-refractivity contribution in [1.82, 2.24) is 0 Å². The minimum atomic E-state index is -6.02. The molecule has 0 atom stereocenters. The van der Waals surface area contributed by atoms with Crippen LogP contribution >= 0.6 is 0 Å². The Morgan fingerprint density at radius 2 is 1.29 bits per heavy atom. The van der Waals surface area contributed by atoms with Crippen LogP contribution in [0.1, 0.15) is 1.43 Å². The molecular weight excluding hydrogens is 207 g/mol. The molecule has 0 saturated heterocycles. The van der Waals surface area contributed by atoms with Crippen molar-refractivity contribution in [2.24, 2.45) is 0 Å². The molecule has 0 N–H and O–H groups in total. The molecule has 0 bridgehead atoms. The summed E-state index contributed by atoms with van der Waals surface area (Å²) in [5.74, 6) is 0. The van der Waals surface area contributed by atoms with Crippen LogP contribution in [0.25, 0.3) is 0 Å². The Bertz CT molecular complexity index is 99.2. The fraction of sp³-hybridized carbons (Fsp3) is 0. The molecule has 34 valence electrons. The molecule has 0 aromatic carbocycles. The van der Waals surface area contributed by atoms with Gasteiger partial charge in [0.1, 0.15) is 0 Å². The zero-order valence-electron chi connectivity index (χ0n) is 4.75. The van der Waals surface area contributed by atoms with Gasteiger partial charge in [0.15, 0.2) is 0 Å². The van der Waals surface area contributed by atoms with Crippen molar-refractivity contribution in [2.75, 3.05) is 0 Å². The minimum absolute atomic E-state index is 0. The fourth-order valence-electron chi connectivity index (χ4n) is 0. The van der Waals surface area contributed by atoms with Crippen LogP contribution in [0, 0.1) is 0 Å². The van der Waals surface area contributed by atoms with Crippen molar-refractivity contribution in [3.05, 3.63) is 0 Å². The number of rotatable bonds is 0. The van der Waals surface area contributed by atoms with Crippen molar-refractivity contribution >= 4 is 23.1 Å². The van der Waals surface area contributed by atoms with Crippen molar-refractivity contribution in [2.45, 2.75) is 0 Å². The Labute approximate surface area is 83.9 Å². The molecule has 0 spiro atoms. The Morgan fingerprint density at radius 1 is 1.29 bits per heavy atom. The third-order valence-corrected chi connectivity index (χ3v) is 0. The Hall–Kier alpha value is 1.97. The first-order valence-corrected chi connectivity index (χ1v) is 3.94. The molecule has 7 heteroatoms. The molecule has 0 fully saturated rings. The summed E-state index contributed by atoms with van der Waals surface area (Å²) in [5, 5.41) is 0. The molecule has 0 aliphatic carbocycles. The van der Waals surface area contributed by atoms with Gasteiger partial charge in [-0.2, -0.15) is 0 Å². The van der Waals surface area contributed by atoms with Crippen molar-refractivity contribution in [3.63, 3.8) is 0 Å². The average Bonchev–Trinajstić information content (AvgIpc) is 0.722. The van der Waals surface area contributed by atoms with Gasteiger partial charge in [0.2, 0.25) is 0 Å². The van der Waals surface area contributed by atoms with Gasteiger partial charge in [0.05, 0.1) is 0 Å². The quantitative estimate of drug-likeness (QED) is 0.371. The van der Waals surface area contributed by atoms with Crippen LogP contribution in [-0.4, -0.2) is 23.1 Å². The van der Waals surface area contributed by atoms with E-state index in [1.807, 2.05) is 0 Å². The van der Waals surface area contributed by atoms with E-state index in [1.54, 1.807) is 0 Å². The third-order valence-electron chi connectivity index (χ3n) is 0. The first kappa shape index (κ1) is 16.0. The van der Waals surface area contributed by atoms with Gasteiger partial charge in [0, 0.05) is 0 Å². The zero-order valence-corrected chi connectivity index (χ0v) is 9.17. The van der Waals surface area contributed by atoms with Crippen LogP contribution in [0.15, 0.2) is 0 Å². The van der Waals surface area contributed by atoms with E-state index in [-0.39, 0.29) is 54.0 Å². The molecule has 0 unspecified atom stereocenters. The standard InChI is InChI=1S/Mg.Mo.Na.4O.H/q+2;;+1;;;3*-1. The Kier molecular flexibility index (Phi) is 13.9. The summed E-state index contributed by atoms with van der Waals surface area (Å²) >= 11 is -6.02. The second kappa shape index (κ2) is 6.10. The second-order valence-corrected chi connectivity index (χ2v) is 2.42. The molecule has 7 heavy (non-hydrogen) atoms. The maximum atomic E-state index is 8.63. The molecule has 0 radical (unpaired) electrons. The first-order valence-electron chi connectivity index (χ1n) is 0.667. The third kappa shape index (κ3) is 73.0. The SMILES string of the molecule is [H-].[Mg+2].[Na+].[O]=[Mo](=[O])([O-])[O-]. The predicted molar refractivity (Wildman–Crippen MR) is 8.24 cm³/mol. The summed E-state index contributed by atoms with van der Waals surface area (Å²) in [6.07, 6.45) is 0. The van der Waals surface area contributed by atoms with E-state index in [1.165, 1.54) is 0 Å². The summed E-state index contributed by atoms with van der Waals surface area (Å²) in [5.41, 5.74) is 0. The summed E-state index contributed by atoms with van der Waals surface area (Å²) in [7, 11) is 0. The number of hydrogen-bond acceptors (Lipinski definition) is 4. The zero-order chi connectivity index (χ0) is 4.50. The molecule has 0 amide bonds. The van der Waals surface area contributed by atoms with Gasteiger partial charge in [0.25, 0.3) is 0 Å². The first-order chi connectivity index (χ1) is 2.00. The van der Waals surface area contributed by atoms with Crippen molar-refractivity contribution < 1.29 is 62.0 Å². The monoisotopic (exact) mass is 210 g/mol. The fourth-order valence-corrected chi connectivity index (χ4v) is 0. The van der Waals surface area contributed by atoms with Crippen LogP contribution in [-0.2, 0) is 23.5 Å². The van der Waals surface area contributed by atoms with Gasteiger partial charge in [-0.1, -0.05) is 0 Å². The maximum absolute atomic E-state index is 8.63. The molecule has 0 heterocycles. The van der Waals surface area contributed by atoms with Crippen LogP contribution in [0.3, 0.4) is 0 Å². The van der Waals surface area contributed by atoms with Gasteiger partial charge < -0.3 is 1.43 Å². The summed E-state index contributed by atoms with van der Waals surface area (Å²) < 4.78 is 34.5. The van der Waals surface area contributed by atoms with Crippen LogP contribution in [0.5, 0.6) is 0 Å². The Balaban J connectivity index is -0.0000000267. The van der Waals surface area contributed by atoms with Crippen LogP contribution < -0.4 is 37.1 Å². The van der Waals surface area contributed by atoms with E-state index in [0.29, 0.717) is 0 Å². The van der Waals surface area contributed by atoms with Gasteiger partial charge >= 0.3 is 83.7 Å². The Morgan fingerprint density at radius 3 is 1.29 bits per heavy atom. The molecule has 0 rings (SSSR count). The van der Waals surface area contributed by atoms with Crippen molar-refractivity contribution in [3.8, 4) is 0 Å². The van der Waals surface area contributed by atoms with E-state index in [2.05, 4.69) is 0 Å². The topological polar surface area (TPSA) is 80.3 Å². The van der Waals surface area contributed by atoms with E-state index in [4.69, 9.17) is 14.3 Å². The van der Waals surface area contributed by atoms with E-state index < -0.39 is 16.7 Å².